The lowest BCUT2D eigenvalue weighted by molar-refractivity contribution is 0.649. The van der Waals surface area contributed by atoms with Gasteiger partial charge in [-0.1, -0.05) is 6.08 Å². The molecule has 19 heavy (non-hydrogen) atoms. The maximum atomic E-state index is 11.9. The van der Waals surface area contributed by atoms with E-state index in [0.717, 1.165) is 9.88 Å². The van der Waals surface area contributed by atoms with Crippen LogP contribution in [0, 0.1) is 6.92 Å². The molecule has 0 saturated carbocycles. The number of anilines is 1. The lowest BCUT2D eigenvalue weighted by Crippen LogP contribution is -2.23. The van der Waals surface area contributed by atoms with E-state index in [4.69, 9.17) is 0 Å². The molecule has 0 radical (unpaired) electrons. The number of aromatic nitrogens is 3. The molecule has 1 N–H and O–H groups in total. The zero-order chi connectivity index (χ0) is 13.8. The van der Waals surface area contributed by atoms with Gasteiger partial charge in [-0.25, -0.2) is 9.67 Å². The summed E-state index contributed by atoms with van der Waals surface area (Å²) in [5.41, 5.74) is 0.485. The number of nitrogens with zero attached hydrogens (tertiary/aromatic N) is 3. The Morgan fingerprint density at radius 1 is 1.58 bits per heavy atom. The van der Waals surface area contributed by atoms with Gasteiger partial charge < -0.3 is 5.32 Å². The van der Waals surface area contributed by atoms with Crippen LogP contribution in [0.25, 0.3) is 0 Å². The van der Waals surface area contributed by atoms with Crippen molar-refractivity contribution >= 4 is 33.0 Å². The zero-order valence-electron chi connectivity index (χ0n) is 10.4. The predicted octanol–water partition coefficient (Wildman–Crippen LogP) is 2.57. The van der Waals surface area contributed by atoms with Crippen molar-refractivity contribution in [2.75, 3.05) is 5.32 Å². The number of thiazole rings is 1. The van der Waals surface area contributed by atoms with E-state index in [1.165, 1.54) is 4.68 Å². The van der Waals surface area contributed by atoms with E-state index >= 15 is 0 Å². The van der Waals surface area contributed by atoms with Crippen LogP contribution in [0.1, 0.15) is 9.88 Å². The minimum atomic E-state index is -0.180. The number of halogens is 1. The second-order valence-electron chi connectivity index (χ2n) is 3.87. The molecule has 5 nitrogen and oxygen atoms in total. The minimum Gasteiger partial charge on any atom is -0.376 e. The average molecular weight is 341 g/mol. The molecule has 0 aliphatic heterocycles. The first kappa shape index (κ1) is 14.0. The number of hydrogen-bond acceptors (Lipinski definition) is 5. The monoisotopic (exact) mass is 340 g/mol. The fraction of sp³-hybridized carbons (Fsp3) is 0.250. The molecule has 0 aromatic carbocycles. The summed E-state index contributed by atoms with van der Waals surface area (Å²) in [5.74, 6) is 0. The molecule has 2 aromatic rings. The fourth-order valence-corrected chi connectivity index (χ4v) is 2.67. The third-order valence-electron chi connectivity index (χ3n) is 2.39. The molecule has 0 amide bonds. The SMILES string of the molecule is C=CCn1ncc(NCc2ncc(C)s2)c(Br)c1=O. The zero-order valence-corrected chi connectivity index (χ0v) is 12.8. The largest absolute Gasteiger partial charge is 0.376 e. The fourth-order valence-electron chi connectivity index (χ4n) is 1.49. The van der Waals surface area contributed by atoms with Crippen molar-refractivity contribution in [2.24, 2.45) is 0 Å². The van der Waals surface area contributed by atoms with Gasteiger partial charge in [-0.3, -0.25) is 4.79 Å². The Hall–Kier alpha value is -1.47. The summed E-state index contributed by atoms with van der Waals surface area (Å²) in [7, 11) is 0. The Balaban J connectivity index is 2.15. The Bertz CT molecular complexity index is 649. The number of aryl methyl sites for hydroxylation is 1. The molecule has 0 saturated heterocycles. The van der Waals surface area contributed by atoms with Crippen LogP contribution >= 0.6 is 27.3 Å². The van der Waals surface area contributed by atoms with Crippen LogP contribution in [0.15, 0.2) is 34.3 Å². The van der Waals surface area contributed by atoms with Gasteiger partial charge in [-0.05, 0) is 22.9 Å². The van der Waals surface area contributed by atoms with Gasteiger partial charge >= 0.3 is 0 Å². The maximum Gasteiger partial charge on any atom is 0.283 e. The maximum absolute atomic E-state index is 11.9. The minimum absolute atomic E-state index is 0.180. The molecule has 2 aromatic heterocycles. The Kier molecular flexibility index (Phi) is 4.49. The van der Waals surface area contributed by atoms with Gasteiger partial charge in [0.2, 0.25) is 0 Å². The summed E-state index contributed by atoms with van der Waals surface area (Å²) < 4.78 is 1.81. The van der Waals surface area contributed by atoms with Crippen molar-refractivity contribution in [3.63, 3.8) is 0 Å². The first-order valence-corrected chi connectivity index (χ1v) is 7.24. The van der Waals surface area contributed by atoms with Gasteiger partial charge in [0.25, 0.3) is 5.56 Å². The number of hydrogen-bond donors (Lipinski definition) is 1. The highest BCUT2D eigenvalue weighted by molar-refractivity contribution is 9.10. The first-order valence-electron chi connectivity index (χ1n) is 5.63. The number of nitrogens with one attached hydrogen (secondary N) is 1. The summed E-state index contributed by atoms with van der Waals surface area (Å²) in [6, 6.07) is 0. The third kappa shape index (κ3) is 3.30. The normalized spacial score (nSPS) is 10.4. The number of rotatable bonds is 5. The molecule has 0 aliphatic carbocycles. The van der Waals surface area contributed by atoms with Gasteiger partial charge in [0, 0.05) is 11.1 Å². The summed E-state index contributed by atoms with van der Waals surface area (Å²) in [6.45, 7) is 6.56. The van der Waals surface area contributed by atoms with Crippen molar-refractivity contribution in [3.8, 4) is 0 Å². The second-order valence-corrected chi connectivity index (χ2v) is 5.98. The molecule has 0 fully saturated rings. The molecule has 2 heterocycles. The van der Waals surface area contributed by atoms with E-state index in [0.29, 0.717) is 23.2 Å². The summed E-state index contributed by atoms with van der Waals surface area (Å²) >= 11 is 4.92. The summed E-state index contributed by atoms with van der Waals surface area (Å²) in [6.07, 6.45) is 5.08. The van der Waals surface area contributed by atoms with Crippen molar-refractivity contribution in [2.45, 2.75) is 20.0 Å². The standard InChI is InChI=1S/C12H13BrN4OS/c1-3-4-17-12(18)11(13)9(6-16-17)14-7-10-15-5-8(2)19-10/h3,5-6,14H,1,4,7H2,2H3. The predicted molar refractivity (Wildman–Crippen MR) is 80.6 cm³/mol. The van der Waals surface area contributed by atoms with Gasteiger partial charge in [-0.2, -0.15) is 5.10 Å². The first-order chi connectivity index (χ1) is 9.11. The van der Waals surface area contributed by atoms with Crippen molar-refractivity contribution in [1.82, 2.24) is 14.8 Å². The van der Waals surface area contributed by atoms with E-state index in [-0.39, 0.29) is 5.56 Å². The van der Waals surface area contributed by atoms with Crippen molar-refractivity contribution in [3.05, 3.63) is 49.8 Å². The lowest BCUT2D eigenvalue weighted by Gasteiger charge is -2.08. The average Bonchev–Trinajstić information content (AvgIpc) is 2.80. The van der Waals surface area contributed by atoms with Gasteiger partial charge in [-0.15, -0.1) is 17.9 Å². The molecular formula is C12H13BrN4OS. The highest BCUT2D eigenvalue weighted by Gasteiger charge is 2.08. The van der Waals surface area contributed by atoms with Crippen LogP contribution in [0.5, 0.6) is 0 Å². The van der Waals surface area contributed by atoms with Crippen molar-refractivity contribution < 1.29 is 0 Å². The smallest absolute Gasteiger partial charge is 0.283 e. The highest BCUT2D eigenvalue weighted by Crippen LogP contribution is 2.18. The van der Waals surface area contributed by atoms with Crippen LogP contribution in [-0.4, -0.2) is 14.8 Å². The van der Waals surface area contributed by atoms with Crippen LogP contribution in [0.3, 0.4) is 0 Å². The van der Waals surface area contributed by atoms with Gasteiger partial charge in [0.1, 0.15) is 9.48 Å². The van der Waals surface area contributed by atoms with Crippen LogP contribution < -0.4 is 10.9 Å². The highest BCUT2D eigenvalue weighted by atomic mass is 79.9. The molecule has 0 bridgehead atoms. The van der Waals surface area contributed by atoms with Gasteiger partial charge in [0.05, 0.1) is 25.0 Å². The number of allylic oxidation sites excluding steroid dienone is 1. The topological polar surface area (TPSA) is 59.8 Å². The summed E-state index contributed by atoms with van der Waals surface area (Å²) in [4.78, 5) is 17.4. The summed E-state index contributed by atoms with van der Waals surface area (Å²) in [5, 5.41) is 8.19. The van der Waals surface area contributed by atoms with E-state index in [1.807, 2.05) is 13.1 Å². The van der Waals surface area contributed by atoms with E-state index < -0.39 is 0 Å². The van der Waals surface area contributed by atoms with Crippen molar-refractivity contribution in [1.29, 1.82) is 0 Å². The van der Waals surface area contributed by atoms with Gasteiger partial charge in [0.15, 0.2) is 0 Å². The quantitative estimate of drug-likeness (QED) is 0.850. The molecule has 0 spiro atoms. The molecule has 0 atom stereocenters. The third-order valence-corrected chi connectivity index (χ3v) is 4.07. The Morgan fingerprint density at radius 2 is 2.37 bits per heavy atom. The molecule has 100 valence electrons. The second kappa shape index (κ2) is 6.12. The van der Waals surface area contributed by atoms with E-state index in [2.05, 4.69) is 37.9 Å². The molecule has 7 heteroatoms. The molecule has 0 aliphatic rings. The van der Waals surface area contributed by atoms with E-state index in [9.17, 15) is 4.79 Å². The molecule has 0 unspecified atom stereocenters. The van der Waals surface area contributed by atoms with Crippen LogP contribution in [0.4, 0.5) is 5.69 Å². The lowest BCUT2D eigenvalue weighted by atomic mass is 10.4. The Labute approximate surface area is 123 Å². The van der Waals surface area contributed by atoms with Crippen LogP contribution in [0.2, 0.25) is 0 Å². The molecular weight excluding hydrogens is 328 g/mol. The molecule has 2 rings (SSSR count). The van der Waals surface area contributed by atoms with Crippen LogP contribution in [-0.2, 0) is 13.1 Å². The Morgan fingerprint density at radius 3 is 3.00 bits per heavy atom. The van der Waals surface area contributed by atoms with E-state index in [1.54, 1.807) is 23.6 Å².